The summed E-state index contributed by atoms with van der Waals surface area (Å²) in [5, 5.41) is 9.94. The molecule has 0 aliphatic carbocycles. The van der Waals surface area contributed by atoms with E-state index < -0.39 is 6.10 Å². The predicted molar refractivity (Wildman–Crippen MR) is 84.2 cm³/mol. The Labute approximate surface area is 124 Å². The van der Waals surface area contributed by atoms with Gasteiger partial charge in [0.1, 0.15) is 5.75 Å². The molecule has 21 heavy (non-hydrogen) atoms. The fourth-order valence-corrected chi connectivity index (χ4v) is 2.69. The number of aliphatic hydroxyl groups is 1. The van der Waals surface area contributed by atoms with Gasteiger partial charge in [-0.25, -0.2) is 0 Å². The number of hydrogen-bond donors (Lipinski definition) is 1. The Hall–Kier alpha value is -2.13. The zero-order chi connectivity index (χ0) is 14.8. The third-order valence-electron chi connectivity index (χ3n) is 3.90. The van der Waals surface area contributed by atoms with E-state index in [1.165, 1.54) is 5.56 Å². The van der Waals surface area contributed by atoms with Crippen molar-refractivity contribution in [3.8, 4) is 5.75 Å². The van der Waals surface area contributed by atoms with Crippen LogP contribution in [-0.2, 0) is 6.42 Å². The van der Waals surface area contributed by atoms with E-state index in [2.05, 4.69) is 6.07 Å². The van der Waals surface area contributed by atoms with E-state index in [0.717, 1.165) is 29.0 Å². The van der Waals surface area contributed by atoms with Gasteiger partial charge in [0, 0.05) is 11.1 Å². The van der Waals surface area contributed by atoms with E-state index in [-0.39, 0.29) is 6.04 Å². The first-order valence-electron chi connectivity index (χ1n) is 7.17. The Morgan fingerprint density at radius 2 is 1.95 bits per heavy atom. The topological polar surface area (TPSA) is 41.8 Å². The van der Waals surface area contributed by atoms with Gasteiger partial charge in [-0.05, 0) is 31.0 Å². The van der Waals surface area contributed by atoms with E-state index in [1.807, 2.05) is 42.5 Å². The minimum absolute atomic E-state index is 0.0962. The molecule has 2 unspecified atom stereocenters. The van der Waals surface area contributed by atoms with Crippen LogP contribution in [0.25, 0.3) is 0 Å². The van der Waals surface area contributed by atoms with Crippen LogP contribution in [0.4, 0.5) is 0 Å². The minimum atomic E-state index is -0.459. The maximum Gasteiger partial charge on any atom is 0.119 e. The molecule has 3 rings (SSSR count). The van der Waals surface area contributed by atoms with Crippen molar-refractivity contribution < 1.29 is 9.84 Å². The summed E-state index contributed by atoms with van der Waals surface area (Å²) in [5.41, 5.74) is 4.30. The normalized spacial score (nSPS) is 18.6. The summed E-state index contributed by atoms with van der Waals surface area (Å²) >= 11 is 0. The second-order valence-electron chi connectivity index (χ2n) is 5.38. The van der Waals surface area contributed by atoms with Crippen molar-refractivity contribution in [3.63, 3.8) is 0 Å². The lowest BCUT2D eigenvalue weighted by Gasteiger charge is -2.26. The predicted octanol–water partition coefficient (Wildman–Crippen LogP) is 2.84. The fourth-order valence-electron chi connectivity index (χ4n) is 2.69. The Morgan fingerprint density at radius 1 is 1.19 bits per heavy atom. The number of methoxy groups -OCH3 is 1. The molecule has 1 aliphatic rings. The van der Waals surface area contributed by atoms with Gasteiger partial charge in [-0.1, -0.05) is 36.4 Å². The SMILES string of the molecule is COc1ccc2c(c1)C(c1ccccc1)=NC(C(C)O)C2. The van der Waals surface area contributed by atoms with Gasteiger partial charge in [-0.15, -0.1) is 0 Å². The third-order valence-corrected chi connectivity index (χ3v) is 3.90. The maximum absolute atomic E-state index is 9.94. The molecule has 0 fully saturated rings. The number of ether oxygens (including phenoxy) is 1. The number of rotatable bonds is 3. The number of fused-ring (bicyclic) bond motifs is 1. The Morgan fingerprint density at radius 3 is 2.62 bits per heavy atom. The van der Waals surface area contributed by atoms with Gasteiger partial charge in [0.25, 0.3) is 0 Å². The van der Waals surface area contributed by atoms with Crippen LogP contribution in [0, 0.1) is 0 Å². The van der Waals surface area contributed by atoms with E-state index in [4.69, 9.17) is 9.73 Å². The van der Waals surface area contributed by atoms with Crippen molar-refractivity contribution in [2.24, 2.45) is 4.99 Å². The smallest absolute Gasteiger partial charge is 0.119 e. The first-order chi connectivity index (χ1) is 10.2. The number of aliphatic hydroxyl groups excluding tert-OH is 1. The largest absolute Gasteiger partial charge is 0.497 e. The first kappa shape index (κ1) is 13.8. The van der Waals surface area contributed by atoms with Crippen LogP contribution in [0.1, 0.15) is 23.6 Å². The van der Waals surface area contributed by atoms with Crippen molar-refractivity contribution in [2.75, 3.05) is 7.11 Å². The van der Waals surface area contributed by atoms with Crippen LogP contribution in [0.15, 0.2) is 53.5 Å². The van der Waals surface area contributed by atoms with E-state index in [9.17, 15) is 5.11 Å². The molecule has 0 radical (unpaired) electrons. The monoisotopic (exact) mass is 281 g/mol. The van der Waals surface area contributed by atoms with Crippen molar-refractivity contribution in [3.05, 3.63) is 65.2 Å². The molecular weight excluding hydrogens is 262 g/mol. The molecule has 0 spiro atoms. The third kappa shape index (κ3) is 2.69. The Bertz CT molecular complexity index is 662. The molecule has 2 aromatic rings. The van der Waals surface area contributed by atoms with E-state index in [1.54, 1.807) is 14.0 Å². The lowest BCUT2D eigenvalue weighted by molar-refractivity contribution is 0.163. The van der Waals surface area contributed by atoms with Crippen LogP contribution in [0.2, 0.25) is 0 Å². The highest BCUT2D eigenvalue weighted by molar-refractivity contribution is 6.14. The average Bonchev–Trinajstić information content (AvgIpc) is 2.54. The van der Waals surface area contributed by atoms with Crippen molar-refractivity contribution in [1.29, 1.82) is 0 Å². The van der Waals surface area contributed by atoms with Gasteiger partial charge in [-0.3, -0.25) is 4.99 Å². The number of hydrogen-bond acceptors (Lipinski definition) is 3. The molecule has 2 aromatic carbocycles. The first-order valence-corrected chi connectivity index (χ1v) is 7.17. The minimum Gasteiger partial charge on any atom is -0.497 e. The van der Waals surface area contributed by atoms with Gasteiger partial charge in [0.2, 0.25) is 0 Å². The Balaban J connectivity index is 2.14. The molecule has 3 nitrogen and oxygen atoms in total. The van der Waals surface area contributed by atoms with Crippen molar-refractivity contribution in [1.82, 2.24) is 0 Å². The summed E-state index contributed by atoms with van der Waals surface area (Å²) in [5.74, 6) is 0.827. The summed E-state index contributed by atoms with van der Waals surface area (Å²) in [6.45, 7) is 1.80. The van der Waals surface area contributed by atoms with Crippen LogP contribution in [0.3, 0.4) is 0 Å². The van der Waals surface area contributed by atoms with Crippen molar-refractivity contribution in [2.45, 2.75) is 25.5 Å². The molecule has 1 N–H and O–H groups in total. The Kier molecular flexibility index (Phi) is 3.76. The number of nitrogens with zero attached hydrogens (tertiary/aromatic N) is 1. The fraction of sp³-hybridized carbons (Fsp3) is 0.278. The summed E-state index contributed by atoms with van der Waals surface area (Å²) in [6.07, 6.45) is 0.298. The van der Waals surface area contributed by atoms with Crippen LogP contribution >= 0.6 is 0 Å². The zero-order valence-electron chi connectivity index (χ0n) is 12.3. The second kappa shape index (κ2) is 5.70. The van der Waals surface area contributed by atoms with Crippen LogP contribution in [-0.4, -0.2) is 30.1 Å². The molecule has 0 amide bonds. The summed E-state index contributed by atoms with van der Waals surface area (Å²) in [6, 6.07) is 16.1. The van der Waals surface area contributed by atoms with Crippen molar-refractivity contribution >= 4 is 5.71 Å². The van der Waals surface area contributed by atoms with E-state index >= 15 is 0 Å². The quantitative estimate of drug-likeness (QED) is 0.940. The number of benzene rings is 2. The molecule has 2 atom stereocenters. The molecule has 1 heterocycles. The molecule has 0 saturated heterocycles. The van der Waals surface area contributed by atoms with Gasteiger partial charge in [0.15, 0.2) is 0 Å². The second-order valence-corrected chi connectivity index (χ2v) is 5.38. The molecular formula is C18H19NO2. The molecule has 0 saturated carbocycles. The lowest BCUT2D eigenvalue weighted by Crippen LogP contribution is -2.30. The molecule has 3 heteroatoms. The van der Waals surface area contributed by atoms with Gasteiger partial charge >= 0.3 is 0 Å². The summed E-state index contributed by atoms with van der Waals surface area (Å²) in [4.78, 5) is 4.78. The van der Waals surface area contributed by atoms with Crippen LogP contribution < -0.4 is 4.74 Å². The average molecular weight is 281 g/mol. The molecule has 0 aromatic heterocycles. The van der Waals surface area contributed by atoms with Crippen LogP contribution in [0.5, 0.6) is 5.75 Å². The highest BCUT2D eigenvalue weighted by atomic mass is 16.5. The summed E-state index contributed by atoms with van der Waals surface area (Å²) < 4.78 is 5.33. The standard InChI is InChI=1S/C18H19NO2/c1-12(20)17-10-14-8-9-15(21-2)11-16(14)18(19-17)13-6-4-3-5-7-13/h3-9,11-12,17,20H,10H2,1-2H3. The highest BCUT2D eigenvalue weighted by Crippen LogP contribution is 2.28. The highest BCUT2D eigenvalue weighted by Gasteiger charge is 2.25. The number of aliphatic imine (C=N–C) groups is 1. The molecule has 0 bridgehead atoms. The zero-order valence-corrected chi connectivity index (χ0v) is 12.3. The maximum atomic E-state index is 9.94. The molecule has 1 aliphatic heterocycles. The van der Waals surface area contributed by atoms with Gasteiger partial charge in [0.05, 0.1) is 25.0 Å². The van der Waals surface area contributed by atoms with E-state index in [0.29, 0.717) is 0 Å². The lowest BCUT2D eigenvalue weighted by atomic mass is 9.89. The molecule has 108 valence electrons. The van der Waals surface area contributed by atoms with Gasteiger partial charge < -0.3 is 9.84 Å². The van der Waals surface area contributed by atoms with Gasteiger partial charge in [-0.2, -0.15) is 0 Å². The summed E-state index contributed by atoms with van der Waals surface area (Å²) in [7, 11) is 1.67.